The zero-order valence-corrected chi connectivity index (χ0v) is 7.31. The minimum Gasteiger partial charge on any atom is -0.342 e. The first-order valence-corrected chi connectivity index (χ1v) is 4.00. The van der Waals surface area contributed by atoms with Crippen LogP contribution in [0.1, 0.15) is 11.4 Å². The van der Waals surface area contributed by atoms with Crippen molar-refractivity contribution in [2.75, 3.05) is 0 Å². The molecule has 14 heavy (non-hydrogen) atoms. The Bertz CT molecular complexity index is 470. The Labute approximate surface area is 77.8 Å². The lowest BCUT2D eigenvalue weighted by atomic mass is 10.2. The maximum absolute atomic E-state index is 12.3. The lowest BCUT2D eigenvalue weighted by Crippen LogP contribution is -2.04. The largest absolute Gasteiger partial charge is 0.416 e. The molecule has 2 rings (SSSR count). The second kappa shape index (κ2) is 2.73. The number of rotatable bonds is 0. The summed E-state index contributed by atoms with van der Waals surface area (Å²) in [4.78, 5) is 6.79. The Hall–Kier alpha value is -1.52. The maximum Gasteiger partial charge on any atom is 0.416 e. The molecule has 2 aromatic rings. The Morgan fingerprint density at radius 3 is 2.64 bits per heavy atom. The molecule has 74 valence electrons. The van der Waals surface area contributed by atoms with Gasteiger partial charge in [0.05, 0.1) is 16.6 Å². The van der Waals surface area contributed by atoms with E-state index in [1.807, 2.05) is 0 Å². The minimum atomic E-state index is -4.30. The fraction of sp³-hybridized carbons (Fsp3) is 0.222. The van der Waals surface area contributed by atoms with Crippen molar-refractivity contribution < 1.29 is 13.2 Å². The molecular weight excluding hydrogens is 193 g/mol. The molecule has 0 amide bonds. The van der Waals surface area contributed by atoms with Gasteiger partial charge in [0, 0.05) is 0 Å². The number of fused-ring (bicyclic) bond motifs is 1. The van der Waals surface area contributed by atoms with Gasteiger partial charge in [0.2, 0.25) is 0 Å². The topological polar surface area (TPSA) is 28.7 Å². The first-order chi connectivity index (χ1) is 6.47. The van der Waals surface area contributed by atoms with E-state index in [9.17, 15) is 13.2 Å². The number of benzene rings is 1. The minimum absolute atomic E-state index is 0.345. The van der Waals surface area contributed by atoms with Crippen LogP contribution in [-0.2, 0) is 6.18 Å². The van der Waals surface area contributed by atoms with Crippen molar-refractivity contribution in [1.29, 1.82) is 0 Å². The average Bonchev–Trinajstić information content (AvgIpc) is 2.41. The number of alkyl halides is 3. The van der Waals surface area contributed by atoms with E-state index in [1.165, 1.54) is 6.07 Å². The van der Waals surface area contributed by atoms with Gasteiger partial charge in [-0.1, -0.05) is 0 Å². The highest BCUT2D eigenvalue weighted by molar-refractivity contribution is 5.75. The molecule has 5 heteroatoms. The number of aryl methyl sites for hydroxylation is 1. The third-order valence-corrected chi connectivity index (χ3v) is 1.93. The van der Waals surface area contributed by atoms with Gasteiger partial charge in [-0.15, -0.1) is 0 Å². The second-order valence-corrected chi connectivity index (χ2v) is 3.05. The Balaban J connectivity index is 2.62. The maximum atomic E-state index is 12.3. The van der Waals surface area contributed by atoms with Crippen LogP contribution in [0.5, 0.6) is 0 Å². The standard InChI is InChI=1S/C9H7F3N2/c1-5-13-7-3-2-6(9(10,11)12)4-8(7)14-5/h2-4H,1H3,(H,13,14). The number of halogens is 3. The summed E-state index contributed by atoms with van der Waals surface area (Å²) < 4.78 is 36.9. The smallest absolute Gasteiger partial charge is 0.342 e. The van der Waals surface area contributed by atoms with Gasteiger partial charge in [-0.25, -0.2) is 4.98 Å². The van der Waals surface area contributed by atoms with Crippen LogP contribution in [0.2, 0.25) is 0 Å². The van der Waals surface area contributed by atoms with Crippen molar-refractivity contribution >= 4 is 11.0 Å². The lowest BCUT2D eigenvalue weighted by Gasteiger charge is -2.04. The summed E-state index contributed by atoms with van der Waals surface area (Å²) in [6.07, 6.45) is -4.30. The molecule has 0 aliphatic carbocycles. The molecule has 0 aliphatic heterocycles. The summed E-state index contributed by atoms with van der Waals surface area (Å²) in [5.41, 5.74) is 0.296. The van der Waals surface area contributed by atoms with E-state index in [0.29, 0.717) is 16.9 Å². The molecule has 0 saturated heterocycles. The second-order valence-electron chi connectivity index (χ2n) is 3.05. The number of aromatic nitrogens is 2. The zero-order valence-electron chi connectivity index (χ0n) is 7.31. The molecule has 0 fully saturated rings. The van der Waals surface area contributed by atoms with Gasteiger partial charge in [-0.05, 0) is 25.1 Å². The fourth-order valence-electron chi connectivity index (χ4n) is 1.31. The third kappa shape index (κ3) is 1.45. The van der Waals surface area contributed by atoms with Crippen molar-refractivity contribution in [2.45, 2.75) is 13.1 Å². The summed E-state index contributed by atoms with van der Waals surface area (Å²) >= 11 is 0. The molecule has 2 nitrogen and oxygen atoms in total. The molecule has 0 spiro atoms. The molecule has 1 heterocycles. The fourth-order valence-corrected chi connectivity index (χ4v) is 1.31. The Morgan fingerprint density at radius 2 is 2.00 bits per heavy atom. The van der Waals surface area contributed by atoms with Gasteiger partial charge in [0.1, 0.15) is 5.82 Å². The van der Waals surface area contributed by atoms with Crippen LogP contribution in [0.15, 0.2) is 18.2 Å². The quantitative estimate of drug-likeness (QED) is 0.695. The average molecular weight is 200 g/mol. The van der Waals surface area contributed by atoms with Gasteiger partial charge in [-0.2, -0.15) is 13.2 Å². The lowest BCUT2D eigenvalue weighted by molar-refractivity contribution is -0.137. The molecule has 1 aromatic heterocycles. The molecule has 0 bridgehead atoms. The number of nitrogens with zero attached hydrogens (tertiary/aromatic N) is 1. The highest BCUT2D eigenvalue weighted by atomic mass is 19.4. The van der Waals surface area contributed by atoms with Gasteiger partial charge in [0.25, 0.3) is 0 Å². The van der Waals surface area contributed by atoms with Crippen LogP contribution in [0.3, 0.4) is 0 Å². The first-order valence-electron chi connectivity index (χ1n) is 4.00. The van der Waals surface area contributed by atoms with E-state index in [4.69, 9.17) is 0 Å². The first kappa shape index (κ1) is 9.05. The van der Waals surface area contributed by atoms with Crippen LogP contribution in [0.4, 0.5) is 13.2 Å². The van der Waals surface area contributed by atoms with Crippen molar-refractivity contribution in [3.8, 4) is 0 Å². The number of imidazole rings is 1. The summed E-state index contributed by atoms with van der Waals surface area (Å²) in [5, 5.41) is 0. The molecule has 0 aliphatic rings. The summed E-state index contributed by atoms with van der Waals surface area (Å²) in [6, 6.07) is 3.47. The number of hydrogen-bond donors (Lipinski definition) is 1. The highest BCUT2D eigenvalue weighted by Crippen LogP contribution is 2.30. The van der Waals surface area contributed by atoms with Crippen molar-refractivity contribution in [1.82, 2.24) is 9.97 Å². The van der Waals surface area contributed by atoms with E-state index in [0.717, 1.165) is 12.1 Å². The van der Waals surface area contributed by atoms with Crippen molar-refractivity contribution in [2.24, 2.45) is 0 Å². The molecule has 0 saturated carbocycles. The van der Waals surface area contributed by atoms with Crippen LogP contribution < -0.4 is 0 Å². The van der Waals surface area contributed by atoms with E-state index in [-0.39, 0.29) is 0 Å². The number of nitrogens with one attached hydrogen (secondary N) is 1. The van der Waals surface area contributed by atoms with Crippen molar-refractivity contribution in [3.05, 3.63) is 29.6 Å². The Kier molecular flexibility index (Phi) is 1.77. The van der Waals surface area contributed by atoms with Crippen LogP contribution in [0.25, 0.3) is 11.0 Å². The summed E-state index contributed by atoms with van der Waals surface area (Å²) in [5.74, 6) is 0.610. The normalized spacial score (nSPS) is 12.3. The molecule has 1 N–H and O–H groups in total. The highest BCUT2D eigenvalue weighted by Gasteiger charge is 2.30. The van der Waals surface area contributed by atoms with E-state index in [2.05, 4.69) is 9.97 Å². The summed E-state index contributed by atoms with van der Waals surface area (Å²) in [6.45, 7) is 1.70. The van der Waals surface area contributed by atoms with Gasteiger partial charge >= 0.3 is 6.18 Å². The zero-order chi connectivity index (χ0) is 10.3. The molecule has 0 atom stereocenters. The predicted octanol–water partition coefficient (Wildman–Crippen LogP) is 2.89. The van der Waals surface area contributed by atoms with E-state index >= 15 is 0 Å². The SMILES string of the molecule is Cc1nc2cc(C(F)(F)F)ccc2[nH]1. The predicted molar refractivity (Wildman–Crippen MR) is 45.8 cm³/mol. The molecule has 1 aromatic carbocycles. The Morgan fingerprint density at radius 1 is 1.29 bits per heavy atom. The van der Waals surface area contributed by atoms with Gasteiger partial charge in [0.15, 0.2) is 0 Å². The van der Waals surface area contributed by atoms with Crippen molar-refractivity contribution in [3.63, 3.8) is 0 Å². The number of H-pyrrole nitrogens is 1. The molecule has 0 radical (unpaired) electrons. The summed E-state index contributed by atoms with van der Waals surface area (Å²) in [7, 11) is 0. The number of hydrogen-bond acceptors (Lipinski definition) is 1. The number of aromatic amines is 1. The van der Waals surface area contributed by atoms with Crippen LogP contribution in [-0.4, -0.2) is 9.97 Å². The molecule has 0 unspecified atom stereocenters. The van der Waals surface area contributed by atoms with Gasteiger partial charge < -0.3 is 4.98 Å². The van der Waals surface area contributed by atoms with Crippen LogP contribution >= 0.6 is 0 Å². The molecular formula is C9H7F3N2. The van der Waals surface area contributed by atoms with Crippen LogP contribution in [0, 0.1) is 6.92 Å². The van der Waals surface area contributed by atoms with E-state index < -0.39 is 11.7 Å². The third-order valence-electron chi connectivity index (χ3n) is 1.93. The van der Waals surface area contributed by atoms with Gasteiger partial charge in [-0.3, -0.25) is 0 Å². The monoisotopic (exact) mass is 200 g/mol. The van der Waals surface area contributed by atoms with E-state index in [1.54, 1.807) is 6.92 Å².